The van der Waals surface area contributed by atoms with Crippen LogP contribution in [0, 0.1) is 5.92 Å². The first kappa shape index (κ1) is 16.0. The molecular weight excluding hydrogens is 264 g/mol. The molecule has 20 heavy (non-hydrogen) atoms. The summed E-state index contributed by atoms with van der Waals surface area (Å²) in [5.74, 6) is 0.764. The predicted molar refractivity (Wildman–Crippen MR) is 89.5 cm³/mol. The third-order valence-electron chi connectivity index (χ3n) is 5.27. The number of thiophene rings is 1. The fourth-order valence-electron chi connectivity index (χ4n) is 3.06. The fraction of sp³-hybridized carbons (Fsp3) is 0.765. The molecule has 3 heteroatoms. The quantitative estimate of drug-likeness (QED) is 0.859. The molecule has 2 rings (SSSR count). The average molecular weight is 295 g/mol. The number of nitrogens with zero attached hydrogens (tertiary/aromatic N) is 1. The number of hydrogen-bond acceptors (Lipinski definition) is 3. The van der Waals surface area contributed by atoms with Gasteiger partial charge in [0.25, 0.3) is 0 Å². The largest absolute Gasteiger partial charge is 0.311 e. The second-order valence-corrected chi connectivity index (χ2v) is 7.33. The van der Waals surface area contributed by atoms with Gasteiger partial charge < -0.3 is 5.32 Å². The van der Waals surface area contributed by atoms with E-state index in [1.165, 1.54) is 37.9 Å². The van der Waals surface area contributed by atoms with Crippen molar-refractivity contribution in [3.63, 3.8) is 0 Å². The Hall–Kier alpha value is -0.380. The van der Waals surface area contributed by atoms with E-state index in [1.807, 2.05) is 11.3 Å². The van der Waals surface area contributed by atoms with Crippen molar-refractivity contribution in [2.75, 3.05) is 19.6 Å². The number of rotatable bonds is 6. The minimum Gasteiger partial charge on any atom is -0.311 e. The average Bonchev–Trinajstić information content (AvgIpc) is 2.99. The van der Waals surface area contributed by atoms with Gasteiger partial charge in [-0.2, -0.15) is 11.3 Å². The molecule has 0 radical (unpaired) electrons. The lowest BCUT2D eigenvalue weighted by molar-refractivity contribution is 0.0373. The van der Waals surface area contributed by atoms with Crippen LogP contribution in [0.25, 0.3) is 0 Å². The van der Waals surface area contributed by atoms with Gasteiger partial charge in [0, 0.05) is 31.2 Å². The Morgan fingerprint density at radius 1 is 1.50 bits per heavy atom. The molecule has 3 unspecified atom stereocenters. The van der Waals surface area contributed by atoms with Gasteiger partial charge in [-0.3, -0.25) is 4.90 Å². The Morgan fingerprint density at radius 2 is 2.30 bits per heavy atom. The van der Waals surface area contributed by atoms with Crippen LogP contribution >= 0.6 is 11.3 Å². The standard InChI is InChI=1S/C17H30N2S/c1-5-14(3)16-11-19(17(4,6-2)13-18-16)9-7-15-8-10-20-12-15/h8,10,12,14,16,18H,5-7,9,11,13H2,1-4H3. The molecule has 114 valence electrons. The molecule has 1 aliphatic heterocycles. The van der Waals surface area contributed by atoms with E-state index in [2.05, 4.69) is 54.7 Å². The van der Waals surface area contributed by atoms with Crippen LogP contribution in [0.4, 0.5) is 0 Å². The van der Waals surface area contributed by atoms with Crippen LogP contribution in [0.3, 0.4) is 0 Å². The minimum absolute atomic E-state index is 0.319. The zero-order valence-corrected chi connectivity index (χ0v) is 14.3. The highest BCUT2D eigenvalue weighted by Crippen LogP contribution is 2.26. The van der Waals surface area contributed by atoms with Crippen LogP contribution in [0.5, 0.6) is 0 Å². The topological polar surface area (TPSA) is 15.3 Å². The molecule has 1 aliphatic rings. The van der Waals surface area contributed by atoms with Crippen molar-refractivity contribution < 1.29 is 0 Å². The molecule has 0 saturated carbocycles. The van der Waals surface area contributed by atoms with E-state index < -0.39 is 0 Å². The monoisotopic (exact) mass is 294 g/mol. The van der Waals surface area contributed by atoms with Gasteiger partial charge in [0.15, 0.2) is 0 Å². The SMILES string of the molecule is CCC(C)C1CN(CCc2ccsc2)C(C)(CC)CN1. The first-order chi connectivity index (χ1) is 9.59. The Bertz CT molecular complexity index is 390. The summed E-state index contributed by atoms with van der Waals surface area (Å²) in [4.78, 5) is 2.73. The molecule has 1 N–H and O–H groups in total. The van der Waals surface area contributed by atoms with Gasteiger partial charge in [0.1, 0.15) is 0 Å². The van der Waals surface area contributed by atoms with Crippen molar-refractivity contribution >= 4 is 11.3 Å². The minimum atomic E-state index is 0.319. The Balaban J connectivity index is 1.99. The fourth-order valence-corrected chi connectivity index (χ4v) is 3.76. The zero-order valence-electron chi connectivity index (χ0n) is 13.5. The maximum atomic E-state index is 3.79. The third kappa shape index (κ3) is 3.63. The van der Waals surface area contributed by atoms with Crippen molar-refractivity contribution in [3.05, 3.63) is 22.4 Å². The number of piperazine rings is 1. The highest BCUT2D eigenvalue weighted by Gasteiger charge is 2.37. The molecule has 0 aliphatic carbocycles. The maximum absolute atomic E-state index is 3.79. The van der Waals surface area contributed by atoms with Crippen molar-refractivity contribution in [2.45, 2.75) is 58.5 Å². The van der Waals surface area contributed by atoms with Gasteiger partial charge in [-0.15, -0.1) is 0 Å². The molecule has 1 aromatic heterocycles. The van der Waals surface area contributed by atoms with E-state index in [-0.39, 0.29) is 0 Å². The number of hydrogen-bond donors (Lipinski definition) is 1. The first-order valence-corrected chi connectivity index (χ1v) is 9.03. The van der Waals surface area contributed by atoms with Crippen molar-refractivity contribution in [3.8, 4) is 0 Å². The van der Waals surface area contributed by atoms with Crippen LogP contribution in [-0.4, -0.2) is 36.1 Å². The summed E-state index contributed by atoms with van der Waals surface area (Å²) in [6.07, 6.45) is 3.67. The molecule has 0 aromatic carbocycles. The lowest BCUT2D eigenvalue weighted by Gasteiger charge is -2.49. The Morgan fingerprint density at radius 3 is 2.90 bits per heavy atom. The van der Waals surface area contributed by atoms with Crippen LogP contribution in [-0.2, 0) is 6.42 Å². The van der Waals surface area contributed by atoms with E-state index in [1.54, 1.807) is 0 Å². The molecule has 3 atom stereocenters. The Labute approximate surface area is 128 Å². The van der Waals surface area contributed by atoms with Crippen molar-refractivity contribution in [1.29, 1.82) is 0 Å². The lowest BCUT2D eigenvalue weighted by atomic mass is 9.87. The van der Waals surface area contributed by atoms with Gasteiger partial charge in [0.05, 0.1) is 0 Å². The van der Waals surface area contributed by atoms with E-state index in [4.69, 9.17) is 0 Å². The van der Waals surface area contributed by atoms with Crippen LogP contribution in [0.1, 0.15) is 46.1 Å². The highest BCUT2D eigenvalue weighted by molar-refractivity contribution is 7.07. The summed E-state index contributed by atoms with van der Waals surface area (Å²) >= 11 is 1.81. The maximum Gasteiger partial charge on any atom is 0.0304 e. The van der Waals surface area contributed by atoms with Gasteiger partial charge >= 0.3 is 0 Å². The summed E-state index contributed by atoms with van der Waals surface area (Å²) in [7, 11) is 0. The lowest BCUT2D eigenvalue weighted by Crippen LogP contribution is -2.64. The van der Waals surface area contributed by atoms with Gasteiger partial charge in [-0.05, 0) is 48.1 Å². The van der Waals surface area contributed by atoms with Crippen molar-refractivity contribution in [1.82, 2.24) is 10.2 Å². The summed E-state index contributed by atoms with van der Waals surface area (Å²) in [6, 6.07) is 2.92. The molecule has 1 saturated heterocycles. The summed E-state index contributed by atoms with van der Waals surface area (Å²) in [5.41, 5.74) is 1.81. The Kier molecular flexibility index (Phi) is 5.65. The smallest absolute Gasteiger partial charge is 0.0304 e. The zero-order chi connectivity index (χ0) is 14.6. The van der Waals surface area contributed by atoms with E-state index in [0.717, 1.165) is 12.5 Å². The van der Waals surface area contributed by atoms with Crippen molar-refractivity contribution in [2.24, 2.45) is 5.92 Å². The second-order valence-electron chi connectivity index (χ2n) is 6.55. The van der Waals surface area contributed by atoms with Gasteiger partial charge in [-0.1, -0.05) is 27.2 Å². The number of nitrogens with one attached hydrogen (secondary N) is 1. The molecule has 2 heterocycles. The summed E-state index contributed by atoms with van der Waals surface area (Å²) < 4.78 is 0. The van der Waals surface area contributed by atoms with Crippen LogP contribution in [0.15, 0.2) is 16.8 Å². The van der Waals surface area contributed by atoms with E-state index in [9.17, 15) is 0 Å². The molecule has 0 spiro atoms. The van der Waals surface area contributed by atoms with E-state index >= 15 is 0 Å². The third-order valence-corrected chi connectivity index (χ3v) is 6.00. The van der Waals surface area contributed by atoms with Gasteiger partial charge in [0.2, 0.25) is 0 Å². The molecule has 1 fully saturated rings. The molecule has 0 bridgehead atoms. The van der Waals surface area contributed by atoms with Crippen LogP contribution < -0.4 is 5.32 Å². The van der Waals surface area contributed by atoms with Gasteiger partial charge in [-0.25, -0.2) is 0 Å². The van der Waals surface area contributed by atoms with E-state index in [0.29, 0.717) is 11.6 Å². The normalized spacial score (nSPS) is 29.5. The second kappa shape index (κ2) is 7.06. The summed E-state index contributed by atoms with van der Waals surface area (Å²) in [5, 5.41) is 8.27. The summed E-state index contributed by atoms with van der Waals surface area (Å²) in [6.45, 7) is 12.9. The highest BCUT2D eigenvalue weighted by atomic mass is 32.1. The van der Waals surface area contributed by atoms with Crippen LogP contribution in [0.2, 0.25) is 0 Å². The molecule has 1 aromatic rings. The first-order valence-electron chi connectivity index (χ1n) is 8.08. The molecule has 0 amide bonds. The molecule has 2 nitrogen and oxygen atoms in total. The predicted octanol–water partition coefficient (Wildman–Crippen LogP) is 3.78. The molecular formula is C17H30N2S.